The number of carbonyl (C=O) groups is 1. The van der Waals surface area contributed by atoms with Crippen molar-refractivity contribution >= 4 is 6.09 Å². The number of rotatable bonds is 3. The van der Waals surface area contributed by atoms with Crippen LogP contribution in [0.4, 0.5) is 4.79 Å². The number of ether oxygens (including phenoxy) is 1. The summed E-state index contributed by atoms with van der Waals surface area (Å²) in [7, 11) is 0. The van der Waals surface area contributed by atoms with Crippen molar-refractivity contribution in [1.29, 1.82) is 5.26 Å². The summed E-state index contributed by atoms with van der Waals surface area (Å²) >= 11 is 0. The second kappa shape index (κ2) is 5.54. The van der Waals surface area contributed by atoms with Crippen LogP contribution in [0.2, 0.25) is 0 Å². The molecule has 0 atom stereocenters. The molecule has 1 aromatic carbocycles. The van der Waals surface area contributed by atoms with E-state index >= 15 is 0 Å². The van der Waals surface area contributed by atoms with Crippen molar-refractivity contribution in [3.63, 3.8) is 0 Å². The van der Waals surface area contributed by atoms with E-state index in [0.717, 1.165) is 18.4 Å². The van der Waals surface area contributed by atoms with Gasteiger partial charge in [-0.25, -0.2) is 4.79 Å². The maximum atomic E-state index is 11.7. The third kappa shape index (κ3) is 3.01. The van der Waals surface area contributed by atoms with Crippen molar-refractivity contribution in [1.82, 2.24) is 5.32 Å². The Bertz CT molecular complexity index is 445. The molecular weight excluding hydrogens is 228 g/mol. The number of nitrogens with zero attached hydrogens (tertiary/aromatic N) is 1. The first-order chi connectivity index (χ1) is 8.74. The van der Waals surface area contributed by atoms with Crippen molar-refractivity contribution in [3.05, 3.63) is 35.9 Å². The number of carbonyl (C=O) groups excluding carboxylic acids is 1. The fraction of sp³-hybridized carbons (Fsp3) is 0.429. The highest BCUT2D eigenvalue weighted by atomic mass is 16.5. The van der Waals surface area contributed by atoms with E-state index < -0.39 is 11.6 Å². The molecule has 4 nitrogen and oxygen atoms in total. The monoisotopic (exact) mass is 244 g/mol. The topological polar surface area (TPSA) is 62.1 Å². The van der Waals surface area contributed by atoms with E-state index in [4.69, 9.17) is 10.00 Å². The standard InChI is InChI=1S/C14H16N2O2/c15-11-14(8-4-5-9-14)16-13(17)18-10-12-6-2-1-3-7-12/h1-3,6-7H,4-5,8-10H2,(H,16,17). The largest absolute Gasteiger partial charge is 0.445 e. The van der Waals surface area contributed by atoms with Crippen molar-refractivity contribution in [2.24, 2.45) is 0 Å². The van der Waals surface area contributed by atoms with Gasteiger partial charge in [0.25, 0.3) is 0 Å². The summed E-state index contributed by atoms with van der Waals surface area (Å²) in [6, 6.07) is 11.7. The van der Waals surface area contributed by atoms with Crippen LogP contribution in [0.1, 0.15) is 31.2 Å². The third-order valence-corrected chi connectivity index (χ3v) is 3.23. The molecule has 1 N–H and O–H groups in total. The Balaban J connectivity index is 1.84. The second-order valence-electron chi connectivity index (χ2n) is 4.59. The molecule has 2 rings (SSSR count). The fourth-order valence-electron chi connectivity index (χ4n) is 2.20. The van der Waals surface area contributed by atoms with Crippen molar-refractivity contribution in [2.45, 2.75) is 37.8 Å². The van der Waals surface area contributed by atoms with Gasteiger partial charge in [-0.3, -0.25) is 0 Å². The maximum absolute atomic E-state index is 11.7. The van der Waals surface area contributed by atoms with Crippen LogP contribution in [0.25, 0.3) is 0 Å². The van der Waals surface area contributed by atoms with Crippen LogP contribution in [0, 0.1) is 11.3 Å². The van der Waals surface area contributed by atoms with Gasteiger partial charge in [-0.15, -0.1) is 0 Å². The first kappa shape index (κ1) is 12.4. The fourth-order valence-corrected chi connectivity index (χ4v) is 2.20. The van der Waals surface area contributed by atoms with Gasteiger partial charge in [-0.05, 0) is 31.2 Å². The van der Waals surface area contributed by atoms with Crippen LogP contribution in [-0.2, 0) is 11.3 Å². The minimum absolute atomic E-state index is 0.230. The molecule has 1 amide bonds. The van der Waals surface area contributed by atoms with E-state index in [2.05, 4.69) is 11.4 Å². The molecule has 0 heterocycles. The molecule has 0 radical (unpaired) electrons. The number of alkyl carbamates (subject to hydrolysis) is 1. The van der Waals surface area contributed by atoms with Crippen LogP contribution in [0.5, 0.6) is 0 Å². The van der Waals surface area contributed by atoms with Crippen molar-refractivity contribution < 1.29 is 9.53 Å². The summed E-state index contributed by atoms with van der Waals surface area (Å²) in [6.45, 7) is 0.230. The quantitative estimate of drug-likeness (QED) is 0.889. The Kier molecular flexibility index (Phi) is 3.83. The van der Waals surface area contributed by atoms with Crippen LogP contribution < -0.4 is 5.32 Å². The highest BCUT2D eigenvalue weighted by Gasteiger charge is 2.35. The Labute approximate surface area is 107 Å². The summed E-state index contributed by atoms with van der Waals surface area (Å²) in [5.74, 6) is 0. The molecule has 1 aliphatic carbocycles. The molecule has 18 heavy (non-hydrogen) atoms. The van der Waals surface area contributed by atoms with Crippen LogP contribution in [-0.4, -0.2) is 11.6 Å². The minimum atomic E-state index is -0.715. The third-order valence-electron chi connectivity index (χ3n) is 3.23. The molecule has 1 aromatic rings. The van der Waals surface area contributed by atoms with Gasteiger partial charge in [0.05, 0.1) is 6.07 Å². The Morgan fingerprint density at radius 1 is 1.33 bits per heavy atom. The molecule has 0 bridgehead atoms. The highest BCUT2D eigenvalue weighted by molar-refractivity contribution is 5.69. The first-order valence-corrected chi connectivity index (χ1v) is 6.14. The lowest BCUT2D eigenvalue weighted by atomic mass is 10.0. The summed E-state index contributed by atoms with van der Waals surface area (Å²) < 4.78 is 5.12. The van der Waals surface area contributed by atoms with Gasteiger partial charge in [-0.1, -0.05) is 30.3 Å². The second-order valence-corrected chi connectivity index (χ2v) is 4.59. The zero-order valence-electron chi connectivity index (χ0n) is 10.2. The smallest absolute Gasteiger partial charge is 0.408 e. The van der Waals surface area contributed by atoms with Gasteiger partial charge in [0.2, 0.25) is 0 Å². The highest BCUT2D eigenvalue weighted by Crippen LogP contribution is 2.28. The van der Waals surface area contributed by atoms with Gasteiger partial charge < -0.3 is 10.1 Å². The van der Waals surface area contributed by atoms with Gasteiger partial charge in [0, 0.05) is 0 Å². The molecular formula is C14H16N2O2. The Morgan fingerprint density at radius 3 is 2.61 bits per heavy atom. The molecule has 0 aromatic heterocycles. The SMILES string of the molecule is N#CC1(NC(=O)OCc2ccccc2)CCCC1. The molecule has 94 valence electrons. The summed E-state index contributed by atoms with van der Waals surface area (Å²) in [4.78, 5) is 11.7. The minimum Gasteiger partial charge on any atom is -0.445 e. The summed E-state index contributed by atoms with van der Waals surface area (Å²) in [5, 5.41) is 11.8. The van der Waals surface area contributed by atoms with E-state index in [1.165, 1.54) is 0 Å². The molecule has 0 unspecified atom stereocenters. The van der Waals surface area contributed by atoms with E-state index in [-0.39, 0.29) is 6.61 Å². The van der Waals surface area contributed by atoms with E-state index in [0.29, 0.717) is 12.8 Å². The predicted molar refractivity (Wildman–Crippen MR) is 66.6 cm³/mol. The number of amides is 1. The number of hydrogen-bond donors (Lipinski definition) is 1. The lowest BCUT2D eigenvalue weighted by molar-refractivity contribution is 0.131. The number of nitriles is 1. The van der Waals surface area contributed by atoms with Crippen molar-refractivity contribution in [3.8, 4) is 6.07 Å². The summed E-state index contributed by atoms with van der Waals surface area (Å²) in [6.07, 6.45) is 2.87. The molecule has 4 heteroatoms. The van der Waals surface area contributed by atoms with Gasteiger partial charge in [0.1, 0.15) is 12.1 Å². The Hall–Kier alpha value is -2.02. The van der Waals surface area contributed by atoms with Gasteiger partial charge in [0.15, 0.2) is 0 Å². The molecule has 1 aliphatic rings. The molecule has 1 saturated carbocycles. The molecule has 0 saturated heterocycles. The van der Waals surface area contributed by atoms with Crippen LogP contribution >= 0.6 is 0 Å². The lowest BCUT2D eigenvalue weighted by Crippen LogP contribution is -2.45. The zero-order chi connectivity index (χ0) is 12.8. The van der Waals surface area contributed by atoms with E-state index in [9.17, 15) is 4.79 Å². The number of nitrogens with one attached hydrogen (secondary N) is 1. The van der Waals surface area contributed by atoms with Gasteiger partial charge >= 0.3 is 6.09 Å². The number of benzene rings is 1. The van der Waals surface area contributed by atoms with Crippen LogP contribution in [0.3, 0.4) is 0 Å². The van der Waals surface area contributed by atoms with E-state index in [1.807, 2.05) is 30.3 Å². The first-order valence-electron chi connectivity index (χ1n) is 6.14. The molecule has 1 fully saturated rings. The van der Waals surface area contributed by atoms with E-state index in [1.54, 1.807) is 0 Å². The normalized spacial score (nSPS) is 16.8. The summed E-state index contributed by atoms with van der Waals surface area (Å²) in [5.41, 5.74) is 0.221. The number of hydrogen-bond acceptors (Lipinski definition) is 3. The van der Waals surface area contributed by atoms with Crippen LogP contribution in [0.15, 0.2) is 30.3 Å². The maximum Gasteiger partial charge on any atom is 0.408 e. The van der Waals surface area contributed by atoms with Gasteiger partial charge in [-0.2, -0.15) is 5.26 Å². The Morgan fingerprint density at radius 2 is 2.00 bits per heavy atom. The molecule has 0 aliphatic heterocycles. The lowest BCUT2D eigenvalue weighted by Gasteiger charge is -2.21. The zero-order valence-corrected chi connectivity index (χ0v) is 10.2. The average Bonchev–Trinajstić information content (AvgIpc) is 2.87. The van der Waals surface area contributed by atoms with Crippen molar-refractivity contribution in [2.75, 3.05) is 0 Å². The molecule has 0 spiro atoms. The predicted octanol–water partition coefficient (Wildman–Crippen LogP) is 2.75. The average molecular weight is 244 g/mol.